The zero-order chi connectivity index (χ0) is 9.97. The van der Waals surface area contributed by atoms with E-state index in [2.05, 4.69) is 34.8 Å². The molecule has 0 unspecified atom stereocenters. The van der Waals surface area contributed by atoms with Crippen LogP contribution < -0.4 is 5.43 Å². The van der Waals surface area contributed by atoms with Crippen molar-refractivity contribution in [2.24, 2.45) is 0 Å². The molecule has 3 heteroatoms. The van der Waals surface area contributed by atoms with Crippen LogP contribution in [-0.4, -0.2) is 24.1 Å². The maximum Gasteiger partial charge on any atom is 0.0457 e. The van der Waals surface area contributed by atoms with E-state index in [1.54, 1.807) is 0 Å². The van der Waals surface area contributed by atoms with E-state index in [0.717, 1.165) is 6.54 Å². The van der Waals surface area contributed by atoms with E-state index in [1.807, 2.05) is 25.2 Å². The molecule has 0 bridgehead atoms. The molecular formula is C11H15N3. The van der Waals surface area contributed by atoms with Gasteiger partial charge in [0.1, 0.15) is 0 Å². The molecule has 74 valence electrons. The molecule has 0 atom stereocenters. The van der Waals surface area contributed by atoms with Gasteiger partial charge in [-0.1, -0.05) is 18.2 Å². The molecule has 0 aliphatic heterocycles. The molecule has 2 aromatic rings. The van der Waals surface area contributed by atoms with E-state index in [1.165, 1.54) is 16.5 Å². The van der Waals surface area contributed by atoms with Crippen molar-refractivity contribution in [3.63, 3.8) is 0 Å². The first-order chi connectivity index (χ1) is 6.77. The van der Waals surface area contributed by atoms with E-state index in [-0.39, 0.29) is 0 Å². The van der Waals surface area contributed by atoms with Gasteiger partial charge in [-0.25, -0.2) is 0 Å². The molecule has 0 spiro atoms. The maximum atomic E-state index is 3.25. The molecule has 1 heterocycles. The number of benzene rings is 1. The summed E-state index contributed by atoms with van der Waals surface area (Å²) in [5.74, 6) is 0. The van der Waals surface area contributed by atoms with Crippen LogP contribution in [0.4, 0.5) is 0 Å². The lowest BCUT2D eigenvalue weighted by Gasteiger charge is -2.10. The van der Waals surface area contributed by atoms with Crippen molar-refractivity contribution in [2.45, 2.75) is 6.54 Å². The summed E-state index contributed by atoms with van der Waals surface area (Å²) >= 11 is 0. The number of rotatable bonds is 3. The molecule has 1 aromatic heterocycles. The van der Waals surface area contributed by atoms with Crippen molar-refractivity contribution < 1.29 is 0 Å². The number of para-hydroxylation sites is 1. The summed E-state index contributed by atoms with van der Waals surface area (Å²) in [5.41, 5.74) is 5.75. The van der Waals surface area contributed by atoms with Crippen LogP contribution in [0.25, 0.3) is 10.9 Å². The van der Waals surface area contributed by atoms with Crippen LogP contribution in [0.3, 0.4) is 0 Å². The summed E-state index contributed by atoms with van der Waals surface area (Å²) in [6.45, 7) is 0.858. The normalized spacial score (nSPS) is 11.4. The number of H-pyrrole nitrogens is 1. The second-order valence-electron chi connectivity index (χ2n) is 3.59. The monoisotopic (exact) mass is 189 g/mol. The smallest absolute Gasteiger partial charge is 0.0457 e. The van der Waals surface area contributed by atoms with Crippen molar-refractivity contribution >= 4 is 10.9 Å². The van der Waals surface area contributed by atoms with Gasteiger partial charge in [0.05, 0.1) is 0 Å². The number of hydrogen-bond acceptors (Lipinski definition) is 2. The average molecular weight is 189 g/mol. The Balaban J connectivity index is 2.25. The quantitative estimate of drug-likeness (QED) is 0.720. The molecule has 0 saturated carbocycles. The van der Waals surface area contributed by atoms with Gasteiger partial charge in [-0.05, 0) is 11.6 Å². The van der Waals surface area contributed by atoms with Crippen LogP contribution in [-0.2, 0) is 6.54 Å². The zero-order valence-electron chi connectivity index (χ0n) is 8.54. The van der Waals surface area contributed by atoms with Crippen molar-refractivity contribution in [3.05, 3.63) is 36.0 Å². The fourth-order valence-electron chi connectivity index (χ4n) is 1.52. The molecule has 0 amide bonds. The Morgan fingerprint density at radius 1 is 1.29 bits per heavy atom. The molecule has 1 aromatic carbocycles. The van der Waals surface area contributed by atoms with Crippen LogP contribution in [0.15, 0.2) is 30.5 Å². The Hall–Kier alpha value is -1.32. The maximum absolute atomic E-state index is 3.25. The van der Waals surface area contributed by atoms with Gasteiger partial charge < -0.3 is 4.98 Å². The Morgan fingerprint density at radius 2 is 2.07 bits per heavy atom. The first-order valence-corrected chi connectivity index (χ1v) is 4.73. The van der Waals surface area contributed by atoms with Crippen LogP contribution in [0.5, 0.6) is 0 Å². The van der Waals surface area contributed by atoms with Gasteiger partial charge in [0, 0.05) is 37.7 Å². The predicted octanol–water partition coefficient (Wildman–Crippen LogP) is 1.73. The third-order valence-corrected chi connectivity index (χ3v) is 2.26. The van der Waals surface area contributed by atoms with Gasteiger partial charge in [0.2, 0.25) is 0 Å². The third kappa shape index (κ3) is 1.78. The third-order valence-electron chi connectivity index (χ3n) is 2.26. The lowest BCUT2D eigenvalue weighted by molar-refractivity contribution is 0.286. The molecule has 0 aliphatic carbocycles. The summed E-state index contributed by atoms with van der Waals surface area (Å²) in [5, 5.41) is 3.25. The highest BCUT2D eigenvalue weighted by Crippen LogP contribution is 2.16. The molecule has 2 rings (SSSR count). The number of aromatic nitrogens is 1. The Morgan fingerprint density at radius 3 is 2.86 bits per heavy atom. The molecule has 14 heavy (non-hydrogen) atoms. The molecular weight excluding hydrogens is 174 g/mol. The summed E-state index contributed by atoms with van der Waals surface area (Å²) in [6, 6.07) is 8.34. The summed E-state index contributed by atoms with van der Waals surface area (Å²) in [6.07, 6.45) is 2.06. The van der Waals surface area contributed by atoms with E-state index < -0.39 is 0 Å². The minimum absolute atomic E-state index is 0.858. The highest BCUT2D eigenvalue weighted by atomic mass is 15.5. The Labute approximate surface area is 83.7 Å². The van der Waals surface area contributed by atoms with E-state index in [4.69, 9.17) is 0 Å². The summed E-state index contributed by atoms with van der Waals surface area (Å²) in [4.78, 5) is 3.25. The molecule has 0 aliphatic rings. The molecule has 0 saturated heterocycles. The second kappa shape index (κ2) is 3.82. The first-order valence-electron chi connectivity index (χ1n) is 4.73. The van der Waals surface area contributed by atoms with Gasteiger partial charge in [0.15, 0.2) is 0 Å². The predicted molar refractivity (Wildman–Crippen MR) is 58.8 cm³/mol. The number of fused-ring (bicyclic) bond motifs is 1. The number of aromatic amines is 1. The fourth-order valence-corrected chi connectivity index (χ4v) is 1.52. The number of hydrazine groups is 1. The van der Waals surface area contributed by atoms with Crippen LogP contribution in [0, 0.1) is 0 Å². The lowest BCUT2D eigenvalue weighted by atomic mass is 10.2. The first kappa shape index (κ1) is 9.24. The van der Waals surface area contributed by atoms with Gasteiger partial charge in [-0.3, -0.25) is 10.4 Å². The number of nitrogens with zero attached hydrogens (tertiary/aromatic N) is 1. The highest BCUT2D eigenvalue weighted by Gasteiger charge is 2.01. The van der Waals surface area contributed by atoms with Crippen LogP contribution in [0.1, 0.15) is 5.56 Å². The fraction of sp³-hybridized carbons (Fsp3) is 0.273. The lowest BCUT2D eigenvalue weighted by Crippen LogP contribution is -2.29. The molecule has 2 N–H and O–H groups in total. The topological polar surface area (TPSA) is 31.1 Å². The summed E-state index contributed by atoms with van der Waals surface area (Å²) < 4.78 is 0. The Kier molecular flexibility index (Phi) is 2.52. The van der Waals surface area contributed by atoms with Gasteiger partial charge in [-0.15, -0.1) is 0 Å². The number of nitrogens with one attached hydrogen (secondary N) is 2. The largest absolute Gasteiger partial charge is 0.361 e. The highest BCUT2D eigenvalue weighted by molar-refractivity contribution is 5.82. The Bertz CT molecular complexity index is 417. The summed E-state index contributed by atoms with van der Waals surface area (Å²) in [7, 11) is 3.99. The standard InChI is InChI=1S/C11H15N3/c1-14(2)13-8-9-7-12-11-6-4-3-5-10(9)11/h3-7,12-13H,8H2,1-2H3. The van der Waals surface area contributed by atoms with E-state index in [0.29, 0.717) is 0 Å². The average Bonchev–Trinajstić information content (AvgIpc) is 2.58. The van der Waals surface area contributed by atoms with Crippen molar-refractivity contribution in [1.29, 1.82) is 0 Å². The van der Waals surface area contributed by atoms with Crippen molar-refractivity contribution in [2.75, 3.05) is 14.1 Å². The van der Waals surface area contributed by atoms with Crippen molar-refractivity contribution in [3.8, 4) is 0 Å². The molecule has 0 fully saturated rings. The number of hydrogen-bond donors (Lipinski definition) is 2. The van der Waals surface area contributed by atoms with Gasteiger partial charge in [-0.2, -0.15) is 0 Å². The van der Waals surface area contributed by atoms with Gasteiger partial charge in [0.25, 0.3) is 0 Å². The second-order valence-corrected chi connectivity index (χ2v) is 3.59. The van der Waals surface area contributed by atoms with Gasteiger partial charge >= 0.3 is 0 Å². The zero-order valence-corrected chi connectivity index (χ0v) is 8.54. The van der Waals surface area contributed by atoms with Crippen molar-refractivity contribution in [1.82, 2.24) is 15.4 Å². The molecule has 3 nitrogen and oxygen atoms in total. The SMILES string of the molecule is CN(C)NCc1c[nH]c2ccccc12. The minimum Gasteiger partial charge on any atom is -0.361 e. The minimum atomic E-state index is 0.858. The van der Waals surface area contributed by atoms with Crippen LogP contribution in [0.2, 0.25) is 0 Å². The van der Waals surface area contributed by atoms with E-state index in [9.17, 15) is 0 Å². The van der Waals surface area contributed by atoms with Crippen LogP contribution >= 0.6 is 0 Å². The molecule has 0 radical (unpaired) electrons. The van der Waals surface area contributed by atoms with E-state index >= 15 is 0 Å².